The molecule has 2 rings (SSSR count). The lowest BCUT2D eigenvalue weighted by molar-refractivity contribution is -0.122. The van der Waals surface area contributed by atoms with Gasteiger partial charge in [0.05, 0.1) is 28.9 Å². The van der Waals surface area contributed by atoms with Crippen LogP contribution in [0, 0.1) is 19.3 Å². The second kappa shape index (κ2) is 7.40. The monoisotopic (exact) mass is 353 g/mol. The fourth-order valence-corrected chi connectivity index (χ4v) is 4.71. The Hall–Kier alpha value is -1.47. The van der Waals surface area contributed by atoms with E-state index in [9.17, 15) is 14.4 Å². The van der Waals surface area contributed by atoms with Gasteiger partial charge in [0.15, 0.2) is 5.78 Å². The maximum atomic E-state index is 12.3. The van der Waals surface area contributed by atoms with Gasteiger partial charge in [-0.25, -0.2) is 4.79 Å². The van der Waals surface area contributed by atoms with E-state index in [1.54, 1.807) is 6.92 Å². The molecule has 1 unspecified atom stereocenters. The summed E-state index contributed by atoms with van der Waals surface area (Å²) in [5.74, 6) is -0.542. The molecule has 1 N–H and O–H groups in total. The van der Waals surface area contributed by atoms with Crippen molar-refractivity contribution in [2.75, 3.05) is 6.61 Å². The molecule has 7 heteroatoms. The molecule has 1 saturated heterocycles. The van der Waals surface area contributed by atoms with Crippen molar-refractivity contribution < 1.29 is 19.1 Å². The van der Waals surface area contributed by atoms with Crippen molar-refractivity contribution >= 4 is 45.7 Å². The van der Waals surface area contributed by atoms with Crippen molar-refractivity contribution in [2.24, 2.45) is 0 Å². The molecular formula is C16H19NO4S2. The van der Waals surface area contributed by atoms with Crippen molar-refractivity contribution in [1.29, 1.82) is 5.41 Å². The molecule has 2 heterocycles. The van der Waals surface area contributed by atoms with Crippen molar-refractivity contribution in [1.82, 2.24) is 0 Å². The molecule has 0 aromatic carbocycles. The second-order valence-electron chi connectivity index (χ2n) is 5.39. The normalized spacial score (nSPS) is 17.6. The molecule has 0 bridgehead atoms. The summed E-state index contributed by atoms with van der Waals surface area (Å²) >= 11 is 2.59. The van der Waals surface area contributed by atoms with Gasteiger partial charge in [-0.15, -0.1) is 11.3 Å². The summed E-state index contributed by atoms with van der Waals surface area (Å²) in [6.07, 6.45) is 0.378. The zero-order chi connectivity index (χ0) is 17.1. The number of rotatable bonds is 6. The zero-order valence-corrected chi connectivity index (χ0v) is 15.0. The predicted octanol–water partition coefficient (Wildman–Crippen LogP) is 3.10. The van der Waals surface area contributed by atoms with E-state index in [-0.39, 0.29) is 37.4 Å². The van der Waals surface area contributed by atoms with Crippen LogP contribution in [0.4, 0.5) is 0 Å². The van der Waals surface area contributed by atoms with Crippen LogP contribution in [0.2, 0.25) is 0 Å². The molecule has 1 aromatic heterocycles. The maximum Gasteiger partial charge on any atom is 0.339 e. The van der Waals surface area contributed by atoms with E-state index < -0.39 is 11.2 Å². The number of ketones is 2. The molecule has 1 atom stereocenters. The Balaban J connectivity index is 2.12. The third kappa shape index (κ3) is 4.09. The van der Waals surface area contributed by atoms with Gasteiger partial charge in [-0.3, -0.25) is 15.0 Å². The van der Waals surface area contributed by atoms with E-state index in [0.717, 1.165) is 22.2 Å². The van der Waals surface area contributed by atoms with Gasteiger partial charge >= 0.3 is 5.97 Å². The summed E-state index contributed by atoms with van der Waals surface area (Å²) in [7, 11) is 0. The number of nitrogens with one attached hydrogen (secondary N) is 1. The number of carbonyl (C=O) groups excluding carboxylic acids is 3. The number of carbonyl (C=O) groups is 3. The van der Waals surface area contributed by atoms with E-state index in [1.165, 1.54) is 11.3 Å². The molecule has 0 saturated carbocycles. The van der Waals surface area contributed by atoms with Crippen LogP contribution in [0.15, 0.2) is 0 Å². The van der Waals surface area contributed by atoms with E-state index in [2.05, 4.69) is 0 Å². The largest absolute Gasteiger partial charge is 0.462 e. The quantitative estimate of drug-likeness (QED) is 0.795. The molecule has 1 fully saturated rings. The summed E-state index contributed by atoms with van der Waals surface area (Å²) in [5.41, 5.74) is 1.34. The Morgan fingerprint density at radius 2 is 2.04 bits per heavy atom. The highest BCUT2D eigenvalue weighted by molar-refractivity contribution is 8.15. The summed E-state index contributed by atoms with van der Waals surface area (Å²) in [6, 6.07) is 0. The fraction of sp³-hybridized carbons (Fsp3) is 0.500. The van der Waals surface area contributed by atoms with E-state index in [0.29, 0.717) is 15.5 Å². The third-order valence-electron chi connectivity index (χ3n) is 3.69. The van der Waals surface area contributed by atoms with Crippen LogP contribution in [0.5, 0.6) is 0 Å². The van der Waals surface area contributed by atoms with Gasteiger partial charge in [0, 0.05) is 22.6 Å². The first kappa shape index (κ1) is 17.9. The predicted molar refractivity (Wildman–Crippen MR) is 91.8 cm³/mol. The molecule has 1 aliphatic rings. The number of thiophene rings is 1. The first-order valence-electron chi connectivity index (χ1n) is 7.38. The summed E-state index contributed by atoms with van der Waals surface area (Å²) < 4.78 is 5.08. The summed E-state index contributed by atoms with van der Waals surface area (Å²) in [4.78, 5) is 37.8. The number of hydrogen-bond donors (Lipinski definition) is 1. The average Bonchev–Trinajstić information content (AvgIpc) is 2.90. The van der Waals surface area contributed by atoms with Crippen LogP contribution in [-0.2, 0) is 20.7 Å². The van der Waals surface area contributed by atoms with Gasteiger partial charge in [0.25, 0.3) is 0 Å². The molecule has 1 aromatic rings. The first-order chi connectivity index (χ1) is 10.8. The summed E-state index contributed by atoms with van der Waals surface area (Å²) in [6.45, 7) is 5.79. The van der Waals surface area contributed by atoms with Gasteiger partial charge in [-0.05, 0) is 26.3 Å². The molecule has 0 aliphatic carbocycles. The number of hydrogen-bond acceptors (Lipinski definition) is 7. The number of Topliss-reactive ketones (excluding diaryl/α,β-unsaturated/α-hetero) is 2. The number of ether oxygens (including phenoxy) is 1. The van der Waals surface area contributed by atoms with Gasteiger partial charge in [-0.1, -0.05) is 11.8 Å². The first-order valence-corrected chi connectivity index (χ1v) is 9.07. The fourth-order valence-electron chi connectivity index (χ4n) is 2.46. The van der Waals surface area contributed by atoms with Crippen LogP contribution in [0.1, 0.15) is 45.4 Å². The van der Waals surface area contributed by atoms with Gasteiger partial charge in [-0.2, -0.15) is 0 Å². The molecule has 5 nitrogen and oxygen atoms in total. The van der Waals surface area contributed by atoms with Crippen LogP contribution in [0.3, 0.4) is 0 Å². The minimum Gasteiger partial charge on any atom is -0.462 e. The Bertz CT molecular complexity index is 678. The lowest BCUT2D eigenvalue weighted by Crippen LogP contribution is -2.18. The van der Waals surface area contributed by atoms with E-state index >= 15 is 0 Å². The maximum absolute atomic E-state index is 12.3. The molecule has 0 amide bonds. The Labute approximate surface area is 143 Å². The standard InChI is InChI=1S/C16H19NO4S2/c1-4-21-16(20)15-8(2)9(3)22-13(15)6-10(18)5-12-11(19)7-14(17)23-12/h12,17H,4-7H2,1-3H3. The zero-order valence-electron chi connectivity index (χ0n) is 13.4. The molecule has 124 valence electrons. The molecule has 0 radical (unpaired) electrons. The van der Waals surface area contributed by atoms with Crippen molar-refractivity contribution in [3.05, 3.63) is 20.9 Å². The smallest absolute Gasteiger partial charge is 0.339 e. The lowest BCUT2D eigenvalue weighted by atomic mass is 10.0. The van der Waals surface area contributed by atoms with E-state index in [1.807, 2.05) is 13.8 Å². The average molecular weight is 353 g/mol. The minimum absolute atomic E-state index is 0.0579. The third-order valence-corrected chi connectivity index (χ3v) is 6.04. The van der Waals surface area contributed by atoms with Gasteiger partial charge < -0.3 is 4.74 Å². The van der Waals surface area contributed by atoms with Crippen LogP contribution in [0.25, 0.3) is 0 Å². The van der Waals surface area contributed by atoms with Crippen molar-refractivity contribution in [3.63, 3.8) is 0 Å². The van der Waals surface area contributed by atoms with Crippen LogP contribution in [-0.4, -0.2) is 34.4 Å². The van der Waals surface area contributed by atoms with Gasteiger partial charge in [0.2, 0.25) is 0 Å². The van der Waals surface area contributed by atoms with Gasteiger partial charge in [0.1, 0.15) is 5.78 Å². The highest BCUT2D eigenvalue weighted by Gasteiger charge is 2.32. The van der Waals surface area contributed by atoms with Crippen molar-refractivity contribution in [3.8, 4) is 0 Å². The lowest BCUT2D eigenvalue weighted by Gasteiger charge is -2.07. The van der Waals surface area contributed by atoms with Crippen molar-refractivity contribution in [2.45, 2.75) is 45.3 Å². The summed E-state index contributed by atoms with van der Waals surface area (Å²) in [5, 5.41) is 7.40. The topological polar surface area (TPSA) is 84.3 Å². The highest BCUT2D eigenvalue weighted by Crippen LogP contribution is 2.31. The molecule has 1 aliphatic heterocycles. The SMILES string of the molecule is CCOC(=O)c1c(CC(=O)CC2SC(=N)CC2=O)sc(C)c1C. The Morgan fingerprint density at radius 3 is 2.61 bits per heavy atom. The Kier molecular flexibility index (Phi) is 5.75. The number of aryl methyl sites for hydroxylation is 1. The second-order valence-corrected chi connectivity index (χ2v) is 8.00. The molecule has 0 spiro atoms. The number of thioether (sulfide) groups is 1. The highest BCUT2D eigenvalue weighted by atomic mass is 32.2. The number of esters is 1. The van der Waals surface area contributed by atoms with E-state index in [4.69, 9.17) is 10.1 Å². The minimum atomic E-state index is -0.441. The molecular weight excluding hydrogens is 334 g/mol. The van der Waals surface area contributed by atoms with Crippen LogP contribution < -0.4 is 0 Å². The Morgan fingerprint density at radius 1 is 1.35 bits per heavy atom. The molecule has 23 heavy (non-hydrogen) atoms. The van der Waals surface area contributed by atoms with Crippen LogP contribution >= 0.6 is 23.1 Å².